The molecule has 0 aliphatic heterocycles. The lowest BCUT2D eigenvalue weighted by Crippen LogP contribution is -1.77. The first-order valence-electron chi connectivity index (χ1n) is 3.84. The third-order valence-corrected chi connectivity index (χ3v) is 1.64. The second kappa shape index (κ2) is 2.90. The van der Waals surface area contributed by atoms with Crippen LogP contribution < -0.4 is 0 Å². The third-order valence-electron chi connectivity index (χ3n) is 1.64. The average Bonchev–Trinajstić information content (AvgIpc) is 2.53. The van der Waals surface area contributed by atoms with Crippen LogP contribution in [0.3, 0.4) is 0 Å². The zero-order valence-electron chi connectivity index (χ0n) is 7.02. The number of hydrogen-bond donors (Lipinski definition) is 0. The molecule has 1 heterocycles. The van der Waals surface area contributed by atoms with E-state index in [-0.39, 0.29) is 11.6 Å². The van der Waals surface area contributed by atoms with Gasteiger partial charge in [0.2, 0.25) is 5.89 Å². The Balaban J connectivity index is 2.52. The molecule has 4 heteroatoms. The van der Waals surface area contributed by atoms with Crippen molar-refractivity contribution in [3.63, 3.8) is 0 Å². The molecule has 1 aromatic heterocycles. The van der Waals surface area contributed by atoms with Crippen molar-refractivity contribution in [1.29, 1.82) is 0 Å². The summed E-state index contributed by atoms with van der Waals surface area (Å²) < 4.78 is 5.13. The molecule has 0 amide bonds. The minimum absolute atomic E-state index is 0.105. The van der Waals surface area contributed by atoms with E-state index in [1.165, 1.54) is 6.07 Å². The Labute approximate surface area is 74.8 Å². The van der Waals surface area contributed by atoms with E-state index in [0.29, 0.717) is 11.5 Å². The van der Waals surface area contributed by atoms with Crippen molar-refractivity contribution < 1.29 is 9.52 Å². The molecule has 0 saturated carbocycles. The van der Waals surface area contributed by atoms with Gasteiger partial charge >= 0.3 is 0 Å². The Bertz CT molecular complexity index is 423. The van der Waals surface area contributed by atoms with Crippen molar-refractivity contribution in [2.75, 3.05) is 0 Å². The monoisotopic (exact) mass is 175 g/mol. The first-order valence-corrected chi connectivity index (χ1v) is 3.84. The molecule has 4 nitrogen and oxygen atoms in total. The normalized spacial score (nSPS) is 10.2. The second-order valence-electron chi connectivity index (χ2n) is 2.62. The fraction of sp³-hybridized carbons (Fsp3) is 0.111. The minimum atomic E-state index is -0.105. The molecular formula is C9H7N2O2. The van der Waals surface area contributed by atoms with Gasteiger partial charge in [0.25, 0.3) is 5.89 Å². The summed E-state index contributed by atoms with van der Waals surface area (Å²) in [5.41, 5.74) is 0.447. The van der Waals surface area contributed by atoms with E-state index in [4.69, 9.17) is 4.42 Å². The molecule has 0 fully saturated rings. The van der Waals surface area contributed by atoms with Crippen molar-refractivity contribution in [2.45, 2.75) is 6.92 Å². The van der Waals surface area contributed by atoms with E-state index >= 15 is 0 Å². The molecule has 0 aliphatic rings. The highest BCUT2D eigenvalue weighted by Gasteiger charge is 2.10. The van der Waals surface area contributed by atoms with Crippen LogP contribution >= 0.6 is 0 Å². The average molecular weight is 175 g/mol. The van der Waals surface area contributed by atoms with Gasteiger partial charge in [-0.15, -0.1) is 10.2 Å². The van der Waals surface area contributed by atoms with Crippen LogP contribution in [-0.4, -0.2) is 10.2 Å². The highest BCUT2D eigenvalue weighted by Crippen LogP contribution is 2.27. The fourth-order valence-electron chi connectivity index (χ4n) is 1.05. The molecule has 1 aromatic carbocycles. The molecule has 0 bridgehead atoms. The molecule has 0 spiro atoms. The molecule has 0 N–H and O–H groups in total. The lowest BCUT2D eigenvalue weighted by atomic mass is 10.2. The smallest absolute Gasteiger partial charge is 0.251 e. The van der Waals surface area contributed by atoms with Gasteiger partial charge in [0, 0.05) is 6.92 Å². The van der Waals surface area contributed by atoms with E-state index in [0.717, 1.165) is 0 Å². The molecule has 0 saturated heterocycles. The number of hydrogen-bond acceptors (Lipinski definition) is 3. The number of benzene rings is 1. The number of nitrogens with zero attached hydrogens (tertiary/aromatic N) is 2. The summed E-state index contributed by atoms with van der Waals surface area (Å²) in [5, 5.41) is 18.7. The maximum Gasteiger partial charge on any atom is 0.251 e. The van der Waals surface area contributed by atoms with Crippen LogP contribution in [0.1, 0.15) is 5.89 Å². The number of aryl methyl sites for hydroxylation is 1. The van der Waals surface area contributed by atoms with Crippen LogP contribution in [0.4, 0.5) is 0 Å². The molecule has 2 aromatic rings. The van der Waals surface area contributed by atoms with Gasteiger partial charge in [-0.2, -0.15) is 0 Å². The van der Waals surface area contributed by atoms with E-state index < -0.39 is 0 Å². The standard InChI is InChI=1S/C9H7N2O2/c1-6-10-11-9(13-6)7-4-2-3-5-8(7)12/h2-5H,1H3. The van der Waals surface area contributed by atoms with Crippen molar-refractivity contribution >= 4 is 0 Å². The number of para-hydroxylation sites is 1. The summed E-state index contributed by atoms with van der Waals surface area (Å²) in [4.78, 5) is 0. The van der Waals surface area contributed by atoms with Crippen LogP contribution in [0.5, 0.6) is 5.75 Å². The largest absolute Gasteiger partial charge is 0.421 e. The molecular weight excluding hydrogens is 168 g/mol. The summed E-state index contributed by atoms with van der Waals surface area (Å²) in [7, 11) is 0. The summed E-state index contributed by atoms with van der Waals surface area (Å²) in [6.07, 6.45) is 0. The maximum absolute atomic E-state index is 11.3. The van der Waals surface area contributed by atoms with E-state index in [2.05, 4.69) is 10.2 Å². The lowest BCUT2D eigenvalue weighted by molar-refractivity contribution is 0.355. The molecule has 0 atom stereocenters. The van der Waals surface area contributed by atoms with Crippen LogP contribution in [0.25, 0.3) is 11.5 Å². The van der Waals surface area contributed by atoms with Crippen LogP contribution in [0, 0.1) is 6.92 Å². The van der Waals surface area contributed by atoms with Crippen molar-refractivity contribution in [2.24, 2.45) is 0 Å². The fourth-order valence-corrected chi connectivity index (χ4v) is 1.05. The number of rotatable bonds is 1. The van der Waals surface area contributed by atoms with Gasteiger partial charge in [0.15, 0.2) is 5.75 Å². The van der Waals surface area contributed by atoms with Gasteiger partial charge in [-0.3, -0.25) is 5.11 Å². The lowest BCUT2D eigenvalue weighted by Gasteiger charge is -1.93. The molecule has 0 aliphatic carbocycles. The third kappa shape index (κ3) is 1.38. The van der Waals surface area contributed by atoms with Gasteiger partial charge in [-0.1, -0.05) is 12.1 Å². The number of aromatic nitrogens is 2. The summed E-state index contributed by atoms with van der Waals surface area (Å²) in [6, 6.07) is 6.56. The highest BCUT2D eigenvalue weighted by atomic mass is 16.4. The summed E-state index contributed by atoms with van der Waals surface area (Å²) in [5.74, 6) is 0.632. The molecule has 0 unspecified atom stereocenters. The van der Waals surface area contributed by atoms with Gasteiger partial charge in [-0.05, 0) is 12.1 Å². The predicted octanol–water partition coefficient (Wildman–Crippen LogP) is 2.19. The van der Waals surface area contributed by atoms with Gasteiger partial charge in [-0.25, -0.2) is 0 Å². The van der Waals surface area contributed by atoms with Crippen LogP contribution in [-0.2, 0) is 5.11 Å². The Morgan fingerprint density at radius 3 is 2.62 bits per heavy atom. The van der Waals surface area contributed by atoms with Gasteiger partial charge < -0.3 is 4.42 Å². The van der Waals surface area contributed by atoms with Crippen molar-refractivity contribution in [3.05, 3.63) is 30.2 Å². The zero-order chi connectivity index (χ0) is 9.26. The predicted molar refractivity (Wildman–Crippen MR) is 44.6 cm³/mol. The topological polar surface area (TPSA) is 58.8 Å². The van der Waals surface area contributed by atoms with Crippen molar-refractivity contribution in [1.82, 2.24) is 10.2 Å². The Morgan fingerprint density at radius 2 is 2.00 bits per heavy atom. The van der Waals surface area contributed by atoms with Gasteiger partial charge in [0.05, 0.1) is 5.56 Å². The van der Waals surface area contributed by atoms with Crippen LogP contribution in [0.15, 0.2) is 28.7 Å². The summed E-state index contributed by atoms with van der Waals surface area (Å²) in [6.45, 7) is 1.68. The molecule has 13 heavy (non-hydrogen) atoms. The SMILES string of the molecule is Cc1nnc(-c2ccccc2[O])o1. The minimum Gasteiger partial charge on any atom is -0.421 e. The van der Waals surface area contributed by atoms with E-state index in [9.17, 15) is 5.11 Å². The van der Waals surface area contributed by atoms with Crippen molar-refractivity contribution in [3.8, 4) is 17.2 Å². The van der Waals surface area contributed by atoms with Gasteiger partial charge in [0.1, 0.15) is 0 Å². The van der Waals surface area contributed by atoms with E-state index in [1.54, 1.807) is 25.1 Å². The quantitative estimate of drug-likeness (QED) is 0.667. The second-order valence-corrected chi connectivity index (χ2v) is 2.62. The Morgan fingerprint density at radius 1 is 1.23 bits per heavy atom. The highest BCUT2D eigenvalue weighted by molar-refractivity contribution is 5.61. The Kier molecular flexibility index (Phi) is 1.73. The first-order chi connectivity index (χ1) is 6.27. The zero-order valence-corrected chi connectivity index (χ0v) is 7.02. The first kappa shape index (κ1) is 7.79. The molecule has 1 radical (unpaired) electrons. The molecule has 2 rings (SSSR count). The maximum atomic E-state index is 11.3. The Hall–Kier alpha value is -1.84. The van der Waals surface area contributed by atoms with Crippen LogP contribution in [0.2, 0.25) is 0 Å². The molecule has 65 valence electrons. The summed E-state index contributed by atoms with van der Waals surface area (Å²) >= 11 is 0. The van der Waals surface area contributed by atoms with E-state index in [1.807, 2.05) is 0 Å².